The molecule has 1 aromatic rings. The molecule has 0 fully saturated rings. The van der Waals surface area contributed by atoms with Crippen LogP contribution >= 0.6 is 39.0 Å². The quantitative estimate of drug-likeness (QED) is 0.591. The summed E-state index contributed by atoms with van der Waals surface area (Å²) in [5.41, 5.74) is 5.53. The average molecular weight is 401 g/mol. The number of rotatable bonds is 10. The molecule has 0 radical (unpaired) electrons. The maximum atomic E-state index is 12.1. The first-order valence-corrected chi connectivity index (χ1v) is 11.0. The van der Waals surface area contributed by atoms with Crippen molar-refractivity contribution in [2.45, 2.75) is 37.1 Å². The van der Waals surface area contributed by atoms with Crippen molar-refractivity contribution in [2.24, 2.45) is 5.73 Å². The summed E-state index contributed by atoms with van der Waals surface area (Å²) in [6.07, 6.45) is 6.38. The van der Waals surface area contributed by atoms with E-state index in [0.717, 1.165) is 24.1 Å². The molecule has 1 rings (SSSR count). The van der Waals surface area contributed by atoms with Crippen molar-refractivity contribution in [3.8, 4) is 0 Å². The highest BCUT2D eigenvalue weighted by Gasteiger charge is 2.19. The largest absolute Gasteiger partial charge is 0.326 e. The van der Waals surface area contributed by atoms with Gasteiger partial charge in [0.05, 0.1) is 3.79 Å². The van der Waals surface area contributed by atoms with E-state index in [0.29, 0.717) is 21.8 Å². The van der Waals surface area contributed by atoms with Gasteiger partial charge in [-0.05, 0) is 46.8 Å². The Hall–Kier alpha value is 0.400. The molecule has 0 aliphatic rings. The zero-order chi connectivity index (χ0) is 15.0. The lowest BCUT2D eigenvalue weighted by Crippen LogP contribution is -2.24. The van der Waals surface area contributed by atoms with E-state index in [1.165, 1.54) is 23.5 Å². The molecule has 3 N–H and O–H groups in total. The molecule has 116 valence electrons. The van der Waals surface area contributed by atoms with Crippen LogP contribution in [0.25, 0.3) is 0 Å². The molecule has 0 unspecified atom stereocenters. The topological polar surface area (TPSA) is 72.2 Å². The van der Waals surface area contributed by atoms with Gasteiger partial charge in [0.2, 0.25) is 10.0 Å². The molecular formula is C12H21BrN2O2S3. The highest BCUT2D eigenvalue weighted by atomic mass is 79.9. The third kappa shape index (κ3) is 6.03. The number of halogens is 1. The molecule has 1 aromatic heterocycles. The standard InChI is InChI=1S/C12H21BrN2O2S3/c1-18-7-5-3-2-4-6-15-20(16,17)11-8-10(9-14)19-12(11)13/h8,15H,2-7,9,14H2,1H3. The summed E-state index contributed by atoms with van der Waals surface area (Å²) in [7, 11) is -3.42. The normalized spacial score (nSPS) is 11.9. The highest BCUT2D eigenvalue weighted by molar-refractivity contribution is 9.11. The molecule has 20 heavy (non-hydrogen) atoms. The van der Waals surface area contributed by atoms with Crippen LogP contribution in [0.3, 0.4) is 0 Å². The van der Waals surface area contributed by atoms with Crippen LogP contribution in [-0.4, -0.2) is 27.0 Å². The first-order valence-electron chi connectivity index (χ1n) is 6.48. The molecule has 0 saturated heterocycles. The second-order valence-corrected chi connectivity index (χ2v) is 9.54. The van der Waals surface area contributed by atoms with E-state index in [4.69, 9.17) is 5.73 Å². The summed E-state index contributed by atoms with van der Waals surface area (Å²) in [4.78, 5) is 1.15. The van der Waals surface area contributed by atoms with E-state index in [2.05, 4.69) is 26.9 Å². The van der Waals surface area contributed by atoms with Gasteiger partial charge < -0.3 is 5.73 Å². The predicted octanol–water partition coefficient (Wildman–Crippen LogP) is 3.17. The van der Waals surface area contributed by atoms with Crippen molar-refractivity contribution < 1.29 is 8.42 Å². The summed E-state index contributed by atoms with van der Waals surface area (Å²) in [5.74, 6) is 1.18. The van der Waals surface area contributed by atoms with E-state index in [1.807, 2.05) is 11.8 Å². The van der Waals surface area contributed by atoms with Crippen LogP contribution in [0.4, 0.5) is 0 Å². The highest BCUT2D eigenvalue weighted by Crippen LogP contribution is 2.31. The second kappa shape index (κ2) is 9.42. The summed E-state index contributed by atoms with van der Waals surface area (Å²) in [5, 5.41) is 0. The summed E-state index contributed by atoms with van der Waals surface area (Å²) < 4.78 is 27.5. The minimum atomic E-state index is -3.42. The van der Waals surface area contributed by atoms with Crippen LogP contribution in [0.15, 0.2) is 14.7 Å². The maximum Gasteiger partial charge on any atom is 0.242 e. The summed E-state index contributed by atoms with van der Waals surface area (Å²) in [6, 6.07) is 1.63. The van der Waals surface area contributed by atoms with Gasteiger partial charge in [-0.15, -0.1) is 11.3 Å². The third-order valence-corrected chi connectivity index (χ3v) is 7.20. The third-order valence-electron chi connectivity index (χ3n) is 2.76. The number of unbranched alkanes of at least 4 members (excludes halogenated alkanes) is 3. The zero-order valence-corrected chi connectivity index (χ0v) is 15.6. The number of thiophene rings is 1. The number of hydrogen-bond acceptors (Lipinski definition) is 5. The van der Waals surface area contributed by atoms with Gasteiger partial charge in [-0.2, -0.15) is 11.8 Å². The van der Waals surface area contributed by atoms with Gasteiger partial charge in [0.15, 0.2) is 0 Å². The van der Waals surface area contributed by atoms with E-state index < -0.39 is 10.0 Å². The molecule has 8 heteroatoms. The van der Waals surface area contributed by atoms with Gasteiger partial charge in [0, 0.05) is 18.0 Å². The summed E-state index contributed by atoms with van der Waals surface area (Å²) >= 11 is 6.50. The minimum absolute atomic E-state index is 0.297. The molecule has 0 amide bonds. The van der Waals surface area contributed by atoms with E-state index in [1.54, 1.807) is 6.07 Å². The maximum absolute atomic E-state index is 12.1. The molecule has 0 spiro atoms. The monoisotopic (exact) mass is 400 g/mol. The number of nitrogens with one attached hydrogen (secondary N) is 1. The Balaban J connectivity index is 2.40. The Kier molecular flexibility index (Phi) is 8.69. The lowest BCUT2D eigenvalue weighted by Gasteiger charge is -2.05. The van der Waals surface area contributed by atoms with Crippen molar-refractivity contribution >= 4 is 49.1 Å². The second-order valence-electron chi connectivity index (χ2n) is 4.36. The van der Waals surface area contributed by atoms with E-state index >= 15 is 0 Å². The fourth-order valence-electron chi connectivity index (χ4n) is 1.69. The summed E-state index contributed by atoms with van der Waals surface area (Å²) in [6.45, 7) is 0.843. The Morgan fingerprint density at radius 3 is 2.65 bits per heavy atom. The number of hydrogen-bond donors (Lipinski definition) is 2. The molecular weight excluding hydrogens is 380 g/mol. The van der Waals surface area contributed by atoms with Crippen LogP contribution in [0.5, 0.6) is 0 Å². The molecule has 0 atom stereocenters. The molecule has 1 heterocycles. The smallest absolute Gasteiger partial charge is 0.242 e. The van der Waals surface area contributed by atoms with Crippen molar-refractivity contribution in [1.82, 2.24) is 4.72 Å². The molecule has 0 aliphatic carbocycles. The van der Waals surface area contributed by atoms with Crippen LogP contribution in [0.1, 0.15) is 30.6 Å². The van der Waals surface area contributed by atoms with Gasteiger partial charge >= 0.3 is 0 Å². The van der Waals surface area contributed by atoms with Gasteiger partial charge in [0.1, 0.15) is 4.90 Å². The van der Waals surface area contributed by atoms with Crippen LogP contribution in [0, 0.1) is 0 Å². The molecule has 0 bridgehead atoms. The molecule has 0 aromatic carbocycles. The first-order chi connectivity index (χ1) is 9.51. The predicted molar refractivity (Wildman–Crippen MR) is 91.9 cm³/mol. The van der Waals surface area contributed by atoms with E-state index in [-0.39, 0.29) is 0 Å². The van der Waals surface area contributed by atoms with Crippen LogP contribution < -0.4 is 10.5 Å². The van der Waals surface area contributed by atoms with Gasteiger partial charge in [0.25, 0.3) is 0 Å². The average Bonchev–Trinajstić information content (AvgIpc) is 2.80. The Morgan fingerprint density at radius 1 is 1.35 bits per heavy atom. The fourth-order valence-corrected chi connectivity index (χ4v) is 5.82. The van der Waals surface area contributed by atoms with Crippen LogP contribution in [0.2, 0.25) is 0 Å². The SMILES string of the molecule is CSCCCCCCNS(=O)(=O)c1cc(CN)sc1Br. The molecule has 0 saturated carbocycles. The van der Waals surface area contributed by atoms with Crippen molar-refractivity contribution in [2.75, 3.05) is 18.6 Å². The molecule has 4 nitrogen and oxygen atoms in total. The Bertz CT molecular complexity index is 503. The number of thioether (sulfide) groups is 1. The Morgan fingerprint density at radius 2 is 2.05 bits per heavy atom. The molecule has 0 aliphatic heterocycles. The zero-order valence-electron chi connectivity index (χ0n) is 11.5. The van der Waals surface area contributed by atoms with Gasteiger partial charge in [-0.25, -0.2) is 13.1 Å². The van der Waals surface area contributed by atoms with Gasteiger partial charge in [-0.1, -0.05) is 12.8 Å². The van der Waals surface area contributed by atoms with Crippen molar-refractivity contribution in [3.63, 3.8) is 0 Å². The number of nitrogens with two attached hydrogens (primary N) is 1. The van der Waals surface area contributed by atoms with E-state index in [9.17, 15) is 8.42 Å². The minimum Gasteiger partial charge on any atom is -0.326 e. The lowest BCUT2D eigenvalue weighted by atomic mass is 10.2. The van der Waals surface area contributed by atoms with Crippen molar-refractivity contribution in [3.05, 3.63) is 14.7 Å². The fraction of sp³-hybridized carbons (Fsp3) is 0.667. The number of sulfonamides is 1. The van der Waals surface area contributed by atoms with Gasteiger partial charge in [-0.3, -0.25) is 0 Å². The first kappa shape index (κ1) is 18.4. The Labute approximate surface area is 138 Å². The lowest BCUT2D eigenvalue weighted by molar-refractivity contribution is 0.574. The van der Waals surface area contributed by atoms with Crippen molar-refractivity contribution in [1.29, 1.82) is 0 Å². The van der Waals surface area contributed by atoms with Crippen LogP contribution in [-0.2, 0) is 16.6 Å².